The van der Waals surface area contributed by atoms with Crippen molar-refractivity contribution in [2.24, 2.45) is 11.8 Å². The Kier molecular flexibility index (Phi) is 6.30. The van der Waals surface area contributed by atoms with Gasteiger partial charge in [0.1, 0.15) is 5.75 Å². The average Bonchev–Trinajstić information content (AvgIpc) is 2.88. The molecule has 2 amide bonds. The number of ether oxygens (including phenoxy) is 1. The first-order valence-electron chi connectivity index (χ1n) is 11.5. The third-order valence-corrected chi connectivity index (χ3v) is 6.66. The van der Waals surface area contributed by atoms with Gasteiger partial charge in [-0.1, -0.05) is 32.3 Å². The summed E-state index contributed by atoms with van der Waals surface area (Å²) in [4.78, 5) is 27.6. The number of carbonyl (C=O) groups is 2. The lowest BCUT2D eigenvalue weighted by atomic mass is 9.79. The SMILES string of the molecule is CCCCC1CCC(C(=O)Nc2ccc3c(c2)C(=O)N(C)c2cc(C)ccc2O3)CC1. The zero-order chi connectivity index (χ0) is 22.0. The van der Waals surface area contributed by atoms with Crippen LogP contribution in [0.15, 0.2) is 36.4 Å². The molecule has 1 fully saturated rings. The highest BCUT2D eigenvalue weighted by Crippen LogP contribution is 2.40. The van der Waals surface area contributed by atoms with E-state index in [1.165, 1.54) is 19.3 Å². The van der Waals surface area contributed by atoms with Crippen LogP contribution < -0.4 is 15.0 Å². The smallest absolute Gasteiger partial charge is 0.261 e. The predicted molar refractivity (Wildman–Crippen MR) is 124 cm³/mol. The molecule has 1 aliphatic heterocycles. The van der Waals surface area contributed by atoms with E-state index < -0.39 is 0 Å². The second kappa shape index (κ2) is 9.13. The summed E-state index contributed by atoms with van der Waals surface area (Å²) in [7, 11) is 1.75. The number of rotatable bonds is 5. The van der Waals surface area contributed by atoms with Crippen LogP contribution in [0.5, 0.6) is 11.5 Å². The van der Waals surface area contributed by atoms with Crippen molar-refractivity contribution in [3.8, 4) is 11.5 Å². The maximum atomic E-state index is 13.1. The maximum Gasteiger partial charge on any atom is 0.261 e. The number of aryl methyl sites for hydroxylation is 1. The largest absolute Gasteiger partial charge is 0.454 e. The van der Waals surface area contributed by atoms with Gasteiger partial charge in [0, 0.05) is 18.7 Å². The first-order chi connectivity index (χ1) is 15.0. The number of hydrogen-bond donors (Lipinski definition) is 1. The summed E-state index contributed by atoms with van der Waals surface area (Å²) in [5, 5.41) is 3.04. The van der Waals surface area contributed by atoms with E-state index in [4.69, 9.17) is 4.74 Å². The molecular weight excluding hydrogens is 388 g/mol. The highest BCUT2D eigenvalue weighted by atomic mass is 16.5. The van der Waals surface area contributed by atoms with E-state index in [1.807, 2.05) is 31.2 Å². The number of nitrogens with zero attached hydrogens (tertiary/aromatic N) is 1. The van der Waals surface area contributed by atoms with Crippen LogP contribution in [-0.4, -0.2) is 18.9 Å². The topological polar surface area (TPSA) is 58.6 Å². The number of unbranched alkanes of at least 4 members (excludes halogenated alkanes) is 1. The van der Waals surface area contributed by atoms with Gasteiger partial charge >= 0.3 is 0 Å². The molecule has 0 atom stereocenters. The lowest BCUT2D eigenvalue weighted by Crippen LogP contribution is -2.28. The number of carbonyl (C=O) groups excluding carboxylic acids is 2. The van der Waals surface area contributed by atoms with E-state index in [0.29, 0.717) is 22.7 Å². The van der Waals surface area contributed by atoms with Crippen molar-refractivity contribution in [1.29, 1.82) is 0 Å². The summed E-state index contributed by atoms with van der Waals surface area (Å²) in [5.41, 5.74) is 2.90. The zero-order valence-electron chi connectivity index (χ0n) is 18.7. The van der Waals surface area contributed by atoms with Crippen molar-refractivity contribution in [2.75, 3.05) is 17.3 Å². The van der Waals surface area contributed by atoms with Crippen molar-refractivity contribution in [2.45, 2.75) is 58.8 Å². The number of nitrogens with one attached hydrogen (secondary N) is 1. The molecule has 0 saturated heterocycles. The summed E-state index contributed by atoms with van der Waals surface area (Å²) in [5.74, 6) is 1.89. The van der Waals surface area contributed by atoms with Crippen LogP contribution in [0.3, 0.4) is 0 Å². The molecule has 0 radical (unpaired) electrons. The summed E-state index contributed by atoms with van der Waals surface area (Å²) >= 11 is 0. The molecule has 1 aliphatic carbocycles. The molecule has 5 heteroatoms. The fourth-order valence-electron chi connectivity index (χ4n) is 4.70. The van der Waals surface area contributed by atoms with Crippen molar-refractivity contribution in [1.82, 2.24) is 0 Å². The van der Waals surface area contributed by atoms with Crippen molar-refractivity contribution >= 4 is 23.2 Å². The molecule has 31 heavy (non-hydrogen) atoms. The monoisotopic (exact) mass is 420 g/mol. The van der Waals surface area contributed by atoms with Gasteiger partial charge in [-0.3, -0.25) is 9.59 Å². The van der Waals surface area contributed by atoms with Gasteiger partial charge in [-0.25, -0.2) is 0 Å². The Morgan fingerprint density at radius 3 is 2.58 bits per heavy atom. The van der Waals surface area contributed by atoms with Gasteiger partial charge < -0.3 is 15.0 Å². The van der Waals surface area contributed by atoms with Gasteiger partial charge in [0.05, 0.1) is 11.3 Å². The molecule has 0 spiro atoms. The van der Waals surface area contributed by atoms with E-state index >= 15 is 0 Å². The van der Waals surface area contributed by atoms with Gasteiger partial charge in [0.2, 0.25) is 5.91 Å². The standard InChI is InChI=1S/C26H32N2O3/c1-4-5-6-18-8-10-19(11-9-18)25(29)27-20-12-14-23-21(16-20)26(30)28(3)22-15-17(2)7-13-24(22)31-23/h7,12-16,18-19H,4-6,8-11H2,1-3H3,(H,27,29). The third kappa shape index (κ3) is 4.60. The highest BCUT2D eigenvalue weighted by molar-refractivity contribution is 6.10. The summed E-state index contributed by atoms with van der Waals surface area (Å²) in [6.45, 7) is 4.22. The van der Waals surface area contributed by atoms with Gasteiger partial charge in [0.15, 0.2) is 5.75 Å². The van der Waals surface area contributed by atoms with Crippen molar-refractivity contribution < 1.29 is 14.3 Å². The summed E-state index contributed by atoms with van der Waals surface area (Å²) in [6, 6.07) is 11.1. The van der Waals surface area contributed by atoms with E-state index in [0.717, 1.165) is 42.9 Å². The van der Waals surface area contributed by atoms with Gasteiger partial charge in [-0.05, 0) is 74.4 Å². The Balaban J connectivity index is 1.46. The number of benzene rings is 2. The zero-order valence-corrected chi connectivity index (χ0v) is 18.7. The molecule has 0 aromatic heterocycles. The Morgan fingerprint density at radius 2 is 1.84 bits per heavy atom. The Hall–Kier alpha value is -2.82. The molecule has 0 unspecified atom stereocenters. The number of anilines is 2. The van der Waals surface area contributed by atoms with Crippen LogP contribution in [0.2, 0.25) is 0 Å². The predicted octanol–water partition coefficient (Wildman–Crippen LogP) is 6.31. The Bertz CT molecular complexity index is 977. The van der Waals surface area contributed by atoms with Crippen LogP contribution in [0.1, 0.15) is 67.8 Å². The Morgan fingerprint density at radius 1 is 1.10 bits per heavy atom. The Labute approximate surface area is 184 Å². The fourth-order valence-corrected chi connectivity index (χ4v) is 4.70. The molecule has 1 saturated carbocycles. The number of amides is 2. The quantitative estimate of drug-likeness (QED) is 0.616. The molecule has 2 aromatic rings. The molecule has 2 aromatic carbocycles. The highest BCUT2D eigenvalue weighted by Gasteiger charge is 2.28. The second-order valence-corrected chi connectivity index (χ2v) is 9.00. The molecule has 1 heterocycles. The number of hydrogen-bond acceptors (Lipinski definition) is 3. The van der Waals surface area contributed by atoms with Crippen LogP contribution in [0.4, 0.5) is 11.4 Å². The van der Waals surface area contributed by atoms with Crippen molar-refractivity contribution in [3.63, 3.8) is 0 Å². The minimum Gasteiger partial charge on any atom is -0.454 e. The molecule has 2 aliphatic rings. The maximum absolute atomic E-state index is 13.1. The molecule has 1 N–H and O–H groups in total. The van der Waals surface area contributed by atoms with Gasteiger partial charge in [-0.2, -0.15) is 0 Å². The lowest BCUT2D eigenvalue weighted by Gasteiger charge is -2.27. The molecule has 164 valence electrons. The minimum absolute atomic E-state index is 0.0542. The minimum atomic E-state index is -0.146. The molecule has 0 bridgehead atoms. The molecule has 5 nitrogen and oxygen atoms in total. The number of fused-ring (bicyclic) bond motifs is 2. The third-order valence-electron chi connectivity index (χ3n) is 6.66. The van der Waals surface area contributed by atoms with Gasteiger partial charge in [0.25, 0.3) is 5.91 Å². The van der Waals surface area contributed by atoms with E-state index in [-0.39, 0.29) is 17.7 Å². The van der Waals surface area contributed by atoms with E-state index in [1.54, 1.807) is 24.1 Å². The fraction of sp³-hybridized carbons (Fsp3) is 0.462. The normalized spacial score (nSPS) is 20.4. The van der Waals surface area contributed by atoms with Crippen LogP contribution >= 0.6 is 0 Å². The van der Waals surface area contributed by atoms with Crippen LogP contribution in [-0.2, 0) is 4.79 Å². The van der Waals surface area contributed by atoms with Crippen molar-refractivity contribution in [3.05, 3.63) is 47.5 Å². The first-order valence-corrected chi connectivity index (χ1v) is 11.5. The second-order valence-electron chi connectivity index (χ2n) is 9.00. The molecule has 4 rings (SSSR count). The van der Waals surface area contributed by atoms with E-state index in [9.17, 15) is 9.59 Å². The first kappa shape index (κ1) is 21.4. The average molecular weight is 421 g/mol. The van der Waals surface area contributed by atoms with E-state index in [2.05, 4.69) is 12.2 Å². The summed E-state index contributed by atoms with van der Waals surface area (Å²) < 4.78 is 6.04. The lowest BCUT2D eigenvalue weighted by molar-refractivity contribution is -0.121. The van der Waals surface area contributed by atoms with Crippen LogP contribution in [0.25, 0.3) is 0 Å². The summed E-state index contributed by atoms with van der Waals surface area (Å²) in [6.07, 6.45) is 7.97. The van der Waals surface area contributed by atoms with Gasteiger partial charge in [-0.15, -0.1) is 0 Å². The van der Waals surface area contributed by atoms with Crippen LogP contribution in [0, 0.1) is 18.8 Å². The molecular formula is C26H32N2O3.